The zero-order valence-corrected chi connectivity index (χ0v) is 36.1. The lowest BCUT2D eigenvalue weighted by Crippen LogP contribution is -2.28. The molecule has 0 amide bonds. The van der Waals surface area contributed by atoms with E-state index in [0.29, 0.717) is 0 Å². The molecule has 0 radical (unpaired) electrons. The average molecular weight is 843 g/mol. The number of hydrogen-bond acceptors (Lipinski definition) is 2. The molecule has 3 nitrogen and oxygen atoms in total. The van der Waals surface area contributed by atoms with Crippen molar-refractivity contribution in [2.24, 2.45) is 0 Å². The number of para-hydroxylation sites is 3. The summed E-state index contributed by atoms with van der Waals surface area (Å²) in [4.78, 5) is 2.34. The molecule has 0 fully saturated rings. The van der Waals surface area contributed by atoms with E-state index < -0.39 is 5.41 Å². The van der Waals surface area contributed by atoms with Crippen molar-refractivity contribution in [3.05, 3.63) is 277 Å². The molecule has 0 unspecified atom stereocenters. The smallest absolute Gasteiger partial charge is 0.213 e. The molecule has 66 heavy (non-hydrogen) atoms. The van der Waals surface area contributed by atoms with E-state index in [9.17, 15) is 0 Å². The Bertz CT molecular complexity index is 3680. The van der Waals surface area contributed by atoms with Crippen molar-refractivity contribution in [1.29, 1.82) is 0 Å². The maximum absolute atomic E-state index is 6.75. The first kappa shape index (κ1) is 37.9. The van der Waals surface area contributed by atoms with Gasteiger partial charge in [-0.2, -0.15) is 0 Å². The van der Waals surface area contributed by atoms with Crippen LogP contribution in [0.4, 0.5) is 17.1 Å². The minimum Gasteiger partial charge on any atom is -0.438 e. The summed E-state index contributed by atoms with van der Waals surface area (Å²) in [5.41, 5.74) is 21.3. The lowest BCUT2D eigenvalue weighted by atomic mass is 9.67. The molecule has 2 heterocycles. The van der Waals surface area contributed by atoms with Gasteiger partial charge in [-0.3, -0.25) is 4.40 Å². The summed E-state index contributed by atoms with van der Waals surface area (Å²) >= 11 is 0. The molecule has 10 aromatic carbocycles. The Balaban J connectivity index is 0.895. The van der Waals surface area contributed by atoms with Gasteiger partial charge in [0, 0.05) is 28.0 Å². The second-order valence-corrected chi connectivity index (χ2v) is 17.2. The van der Waals surface area contributed by atoms with Crippen molar-refractivity contribution in [3.63, 3.8) is 0 Å². The fourth-order valence-corrected chi connectivity index (χ4v) is 10.8. The van der Waals surface area contributed by atoms with Gasteiger partial charge >= 0.3 is 0 Å². The van der Waals surface area contributed by atoms with Crippen molar-refractivity contribution in [2.75, 3.05) is 4.90 Å². The molecular weight excluding hydrogens is 801 g/mol. The standard InChI is InChI=1S/C63H42N2O/c1-5-18-45(19-6-1)60-55-27-14-16-30-58(55)65-61-52(28-17-31-59(61)66-62(60)65)44-34-39-51(40-35-44)64(49-24-11-4-12-25-49)50-37-32-43(33-38-50)46-36-41-54-53-26-13-15-29-56(53)63(57(54)42-46,47-20-7-2-8-21-47)48-22-9-3-10-23-48/h1-42H. The van der Waals surface area contributed by atoms with Crippen molar-refractivity contribution in [1.82, 2.24) is 4.40 Å². The lowest BCUT2D eigenvalue weighted by Gasteiger charge is -2.34. The molecule has 1 aliphatic carbocycles. The predicted octanol–water partition coefficient (Wildman–Crippen LogP) is 16.7. The first-order valence-corrected chi connectivity index (χ1v) is 22.7. The van der Waals surface area contributed by atoms with E-state index in [1.807, 2.05) is 0 Å². The third kappa shape index (κ3) is 5.77. The van der Waals surface area contributed by atoms with E-state index in [-0.39, 0.29) is 0 Å². The molecule has 0 aliphatic heterocycles. The molecule has 0 atom stereocenters. The summed E-state index contributed by atoms with van der Waals surface area (Å²) in [5, 5.41) is 1.17. The highest BCUT2D eigenvalue weighted by atomic mass is 16.3. The van der Waals surface area contributed by atoms with Gasteiger partial charge in [-0.1, -0.05) is 200 Å². The molecule has 1 aliphatic rings. The normalized spacial score (nSPS) is 12.7. The Morgan fingerprint density at radius 2 is 0.894 bits per heavy atom. The molecule has 2 aromatic heterocycles. The summed E-state index contributed by atoms with van der Waals surface area (Å²) in [6.45, 7) is 0. The van der Waals surface area contributed by atoms with Crippen LogP contribution in [0.25, 0.3) is 72.2 Å². The summed E-state index contributed by atoms with van der Waals surface area (Å²) in [6, 6.07) is 92.2. The predicted molar refractivity (Wildman–Crippen MR) is 273 cm³/mol. The number of anilines is 3. The van der Waals surface area contributed by atoms with E-state index in [0.717, 1.165) is 61.6 Å². The molecule has 0 spiro atoms. The number of benzene rings is 10. The van der Waals surface area contributed by atoms with Crippen LogP contribution in [-0.2, 0) is 5.41 Å². The van der Waals surface area contributed by atoms with Crippen LogP contribution in [0.5, 0.6) is 0 Å². The molecule has 12 aromatic rings. The minimum atomic E-state index is -0.448. The van der Waals surface area contributed by atoms with E-state index in [4.69, 9.17) is 4.42 Å². The summed E-state index contributed by atoms with van der Waals surface area (Å²) in [6.07, 6.45) is 0. The highest BCUT2D eigenvalue weighted by Crippen LogP contribution is 2.57. The Kier molecular flexibility index (Phi) is 8.75. The zero-order chi connectivity index (χ0) is 43.6. The van der Waals surface area contributed by atoms with Gasteiger partial charge in [0.05, 0.1) is 22.0 Å². The fraction of sp³-hybridized carbons (Fsp3) is 0.0159. The highest BCUT2D eigenvalue weighted by molar-refractivity contribution is 6.09. The number of rotatable bonds is 8. The third-order valence-corrected chi connectivity index (χ3v) is 13.7. The number of hydrogen-bond donors (Lipinski definition) is 0. The van der Waals surface area contributed by atoms with Crippen LogP contribution in [0.2, 0.25) is 0 Å². The first-order valence-electron chi connectivity index (χ1n) is 22.7. The Morgan fingerprint density at radius 1 is 0.364 bits per heavy atom. The van der Waals surface area contributed by atoms with Crippen LogP contribution in [0.1, 0.15) is 22.3 Å². The largest absolute Gasteiger partial charge is 0.438 e. The Morgan fingerprint density at radius 3 is 1.59 bits per heavy atom. The van der Waals surface area contributed by atoms with Crippen molar-refractivity contribution < 1.29 is 4.42 Å². The average Bonchev–Trinajstić information content (AvgIpc) is 4.03. The molecule has 0 saturated heterocycles. The van der Waals surface area contributed by atoms with Gasteiger partial charge in [0.1, 0.15) is 0 Å². The summed E-state index contributed by atoms with van der Waals surface area (Å²) < 4.78 is 9.05. The molecule has 0 N–H and O–H groups in total. The SMILES string of the molecule is c1ccc(-c2c3ccccc3n3c2oc2cccc(-c4ccc(N(c5ccccc5)c5ccc(-c6ccc7c(c6)C(c6ccccc6)(c6ccccc6)c6ccccc6-7)cc5)cc4)c23)cc1. The second kappa shape index (κ2) is 15.3. The lowest BCUT2D eigenvalue weighted by molar-refractivity contribution is 0.658. The van der Waals surface area contributed by atoms with Crippen molar-refractivity contribution in [2.45, 2.75) is 5.41 Å². The van der Waals surface area contributed by atoms with E-state index in [1.54, 1.807) is 0 Å². The van der Waals surface area contributed by atoms with Gasteiger partial charge in [0.2, 0.25) is 5.71 Å². The van der Waals surface area contributed by atoms with Crippen LogP contribution in [0.3, 0.4) is 0 Å². The van der Waals surface area contributed by atoms with Gasteiger partial charge in [0.15, 0.2) is 5.58 Å². The molecule has 13 rings (SSSR count). The van der Waals surface area contributed by atoms with Crippen LogP contribution < -0.4 is 4.90 Å². The highest BCUT2D eigenvalue weighted by Gasteiger charge is 2.46. The molecule has 0 bridgehead atoms. The monoisotopic (exact) mass is 842 g/mol. The molecule has 310 valence electrons. The number of fused-ring (bicyclic) bond motifs is 8. The van der Waals surface area contributed by atoms with Crippen LogP contribution in [0, 0.1) is 0 Å². The number of nitrogens with zero attached hydrogens (tertiary/aromatic N) is 2. The van der Waals surface area contributed by atoms with Crippen molar-refractivity contribution in [3.8, 4) is 44.5 Å². The van der Waals surface area contributed by atoms with Gasteiger partial charge < -0.3 is 9.32 Å². The second-order valence-electron chi connectivity index (χ2n) is 17.2. The van der Waals surface area contributed by atoms with Crippen LogP contribution in [0.15, 0.2) is 259 Å². The number of aromatic nitrogens is 1. The van der Waals surface area contributed by atoms with E-state index in [2.05, 4.69) is 264 Å². The Labute approximate surface area is 383 Å². The Hall–Kier alpha value is -8.66. The zero-order valence-electron chi connectivity index (χ0n) is 36.1. The quantitative estimate of drug-likeness (QED) is 0.152. The maximum Gasteiger partial charge on any atom is 0.213 e. The summed E-state index contributed by atoms with van der Waals surface area (Å²) in [7, 11) is 0. The molecular formula is C63H42N2O. The first-order chi connectivity index (χ1) is 32.8. The number of oxazole rings is 1. The minimum absolute atomic E-state index is 0.448. The molecule has 3 heteroatoms. The third-order valence-electron chi connectivity index (χ3n) is 13.7. The maximum atomic E-state index is 6.75. The van der Waals surface area contributed by atoms with Gasteiger partial charge in [-0.15, -0.1) is 0 Å². The molecule has 0 saturated carbocycles. The summed E-state index contributed by atoms with van der Waals surface area (Å²) in [5.74, 6) is 0. The van der Waals surface area contributed by atoms with Gasteiger partial charge in [-0.05, 0) is 110 Å². The fourth-order valence-electron chi connectivity index (χ4n) is 10.8. The van der Waals surface area contributed by atoms with E-state index >= 15 is 0 Å². The topological polar surface area (TPSA) is 20.8 Å². The van der Waals surface area contributed by atoms with Crippen molar-refractivity contribution >= 4 is 44.8 Å². The van der Waals surface area contributed by atoms with E-state index in [1.165, 1.54) is 49.9 Å². The van der Waals surface area contributed by atoms with Crippen LogP contribution in [-0.4, -0.2) is 4.40 Å². The van der Waals surface area contributed by atoms with Crippen LogP contribution >= 0.6 is 0 Å². The van der Waals surface area contributed by atoms with Gasteiger partial charge in [-0.25, -0.2) is 0 Å². The van der Waals surface area contributed by atoms with Gasteiger partial charge in [0.25, 0.3) is 0 Å².